The lowest BCUT2D eigenvalue weighted by Gasteiger charge is -2.29. The van der Waals surface area contributed by atoms with Crippen LogP contribution in [-0.4, -0.2) is 42.4 Å². The van der Waals surface area contributed by atoms with Crippen LogP contribution in [0, 0.1) is 0 Å². The van der Waals surface area contributed by atoms with E-state index in [-0.39, 0.29) is 6.61 Å². The Morgan fingerprint density at radius 3 is 2.72 bits per heavy atom. The van der Waals surface area contributed by atoms with Crippen LogP contribution in [0.1, 0.15) is 24.8 Å². The lowest BCUT2D eigenvalue weighted by Crippen LogP contribution is -2.37. The van der Waals surface area contributed by atoms with E-state index >= 15 is 0 Å². The van der Waals surface area contributed by atoms with Gasteiger partial charge in [-0.2, -0.15) is 0 Å². The Morgan fingerprint density at radius 1 is 1.22 bits per heavy atom. The summed E-state index contributed by atoms with van der Waals surface area (Å²) < 4.78 is 5.77. The molecule has 100 valence electrons. The van der Waals surface area contributed by atoms with Gasteiger partial charge in [-0.3, -0.25) is 4.90 Å². The van der Waals surface area contributed by atoms with Gasteiger partial charge in [-0.25, -0.2) is 0 Å². The quantitative estimate of drug-likeness (QED) is 0.837. The molecule has 1 N–H and O–H groups in total. The highest BCUT2D eigenvalue weighted by Crippen LogP contribution is 2.15. The molecular weight excluding hydrogens is 226 g/mol. The third kappa shape index (κ3) is 4.41. The van der Waals surface area contributed by atoms with E-state index in [9.17, 15) is 0 Å². The molecular formula is C15H23NO2. The molecule has 1 unspecified atom stereocenters. The zero-order valence-electron chi connectivity index (χ0n) is 10.9. The number of aliphatic hydroxyl groups is 1. The summed E-state index contributed by atoms with van der Waals surface area (Å²) in [6, 6.07) is 10.4. The zero-order valence-corrected chi connectivity index (χ0v) is 10.9. The van der Waals surface area contributed by atoms with Gasteiger partial charge in [0.05, 0.1) is 12.7 Å². The molecule has 1 aromatic rings. The molecule has 0 saturated carbocycles. The van der Waals surface area contributed by atoms with Crippen molar-refractivity contribution >= 4 is 0 Å². The summed E-state index contributed by atoms with van der Waals surface area (Å²) in [6.07, 6.45) is 3.95. The maximum atomic E-state index is 9.16. The number of aliphatic hydroxyl groups excluding tert-OH is 1. The molecule has 0 aromatic heterocycles. The van der Waals surface area contributed by atoms with E-state index in [1.165, 1.54) is 18.4 Å². The van der Waals surface area contributed by atoms with Crippen molar-refractivity contribution in [3.8, 4) is 0 Å². The number of rotatable bonds is 6. The van der Waals surface area contributed by atoms with Gasteiger partial charge in [0.25, 0.3) is 0 Å². The predicted molar refractivity (Wildman–Crippen MR) is 72.4 cm³/mol. The number of hydrogen-bond donors (Lipinski definition) is 1. The highest BCUT2D eigenvalue weighted by atomic mass is 16.5. The SMILES string of the molecule is OCCN(Cc1ccccc1)CC1CCCCO1. The van der Waals surface area contributed by atoms with E-state index in [0.29, 0.717) is 6.10 Å². The van der Waals surface area contributed by atoms with Gasteiger partial charge in [0.2, 0.25) is 0 Å². The molecule has 1 fully saturated rings. The van der Waals surface area contributed by atoms with Crippen LogP contribution in [0.5, 0.6) is 0 Å². The first-order valence-corrected chi connectivity index (χ1v) is 6.87. The van der Waals surface area contributed by atoms with Crippen LogP contribution >= 0.6 is 0 Å². The number of benzene rings is 1. The first-order valence-electron chi connectivity index (χ1n) is 6.87. The number of nitrogens with zero attached hydrogens (tertiary/aromatic N) is 1. The summed E-state index contributed by atoms with van der Waals surface area (Å²) in [5.41, 5.74) is 1.29. The van der Waals surface area contributed by atoms with E-state index in [4.69, 9.17) is 9.84 Å². The Kier molecular flexibility index (Phi) is 5.65. The highest BCUT2D eigenvalue weighted by molar-refractivity contribution is 5.14. The molecule has 18 heavy (non-hydrogen) atoms. The van der Waals surface area contributed by atoms with Gasteiger partial charge in [-0.1, -0.05) is 30.3 Å². The molecule has 0 radical (unpaired) electrons. The zero-order chi connectivity index (χ0) is 12.6. The Hall–Kier alpha value is -0.900. The minimum absolute atomic E-state index is 0.208. The van der Waals surface area contributed by atoms with Crippen molar-refractivity contribution < 1.29 is 9.84 Å². The van der Waals surface area contributed by atoms with E-state index in [1.807, 2.05) is 6.07 Å². The second kappa shape index (κ2) is 7.52. The largest absolute Gasteiger partial charge is 0.395 e. The van der Waals surface area contributed by atoms with Crippen LogP contribution in [0.15, 0.2) is 30.3 Å². The monoisotopic (exact) mass is 249 g/mol. The van der Waals surface area contributed by atoms with E-state index < -0.39 is 0 Å². The average molecular weight is 249 g/mol. The van der Waals surface area contributed by atoms with Crippen LogP contribution < -0.4 is 0 Å². The van der Waals surface area contributed by atoms with Gasteiger partial charge in [-0.05, 0) is 24.8 Å². The standard InChI is InChI=1S/C15H23NO2/c17-10-9-16(12-14-6-2-1-3-7-14)13-15-8-4-5-11-18-15/h1-3,6-7,15,17H,4-5,8-13H2. The Balaban J connectivity index is 1.86. The molecule has 1 aromatic carbocycles. The molecule has 1 aliphatic heterocycles. The van der Waals surface area contributed by atoms with Gasteiger partial charge in [0.15, 0.2) is 0 Å². The Labute approximate surface area is 109 Å². The molecule has 0 spiro atoms. The third-order valence-electron chi connectivity index (χ3n) is 3.40. The highest BCUT2D eigenvalue weighted by Gasteiger charge is 2.17. The molecule has 3 heteroatoms. The lowest BCUT2D eigenvalue weighted by atomic mass is 10.1. The molecule has 2 rings (SSSR count). The van der Waals surface area contributed by atoms with Crippen molar-refractivity contribution in [3.63, 3.8) is 0 Å². The lowest BCUT2D eigenvalue weighted by molar-refractivity contribution is -0.00948. The first kappa shape index (κ1) is 13.5. The van der Waals surface area contributed by atoms with Gasteiger partial charge in [0, 0.05) is 26.2 Å². The summed E-state index contributed by atoms with van der Waals surface area (Å²) in [4.78, 5) is 2.28. The second-order valence-electron chi connectivity index (χ2n) is 4.93. The van der Waals surface area contributed by atoms with E-state index in [0.717, 1.165) is 32.7 Å². The fraction of sp³-hybridized carbons (Fsp3) is 0.600. The number of hydrogen-bond acceptors (Lipinski definition) is 3. The summed E-state index contributed by atoms with van der Waals surface area (Å²) in [5, 5.41) is 9.16. The molecule has 1 heterocycles. The molecule has 1 atom stereocenters. The smallest absolute Gasteiger partial charge is 0.0702 e. The Morgan fingerprint density at radius 2 is 2.06 bits per heavy atom. The Bertz CT molecular complexity index is 323. The fourth-order valence-corrected chi connectivity index (χ4v) is 2.46. The average Bonchev–Trinajstić information content (AvgIpc) is 2.41. The molecule has 3 nitrogen and oxygen atoms in total. The van der Waals surface area contributed by atoms with Crippen molar-refractivity contribution in [1.29, 1.82) is 0 Å². The summed E-state index contributed by atoms with van der Waals surface area (Å²) >= 11 is 0. The molecule has 0 aliphatic carbocycles. The topological polar surface area (TPSA) is 32.7 Å². The van der Waals surface area contributed by atoms with Crippen molar-refractivity contribution in [2.45, 2.75) is 31.9 Å². The normalized spacial score (nSPS) is 20.2. The minimum Gasteiger partial charge on any atom is -0.395 e. The van der Waals surface area contributed by atoms with Gasteiger partial charge in [-0.15, -0.1) is 0 Å². The van der Waals surface area contributed by atoms with Crippen LogP contribution in [0.3, 0.4) is 0 Å². The molecule has 0 bridgehead atoms. The van der Waals surface area contributed by atoms with Crippen molar-refractivity contribution in [2.75, 3.05) is 26.3 Å². The van der Waals surface area contributed by atoms with Crippen molar-refractivity contribution in [2.24, 2.45) is 0 Å². The van der Waals surface area contributed by atoms with E-state index in [2.05, 4.69) is 29.2 Å². The van der Waals surface area contributed by atoms with Crippen LogP contribution in [0.25, 0.3) is 0 Å². The maximum Gasteiger partial charge on any atom is 0.0702 e. The summed E-state index contributed by atoms with van der Waals surface area (Å²) in [5.74, 6) is 0. The maximum absolute atomic E-state index is 9.16. The summed E-state index contributed by atoms with van der Waals surface area (Å²) in [7, 11) is 0. The third-order valence-corrected chi connectivity index (χ3v) is 3.40. The molecule has 0 amide bonds. The summed E-state index contributed by atoms with van der Waals surface area (Å²) in [6.45, 7) is 3.63. The van der Waals surface area contributed by atoms with Crippen molar-refractivity contribution in [3.05, 3.63) is 35.9 Å². The van der Waals surface area contributed by atoms with Crippen molar-refractivity contribution in [1.82, 2.24) is 4.90 Å². The first-order chi connectivity index (χ1) is 8.88. The van der Waals surface area contributed by atoms with Crippen LogP contribution in [0.4, 0.5) is 0 Å². The van der Waals surface area contributed by atoms with Gasteiger partial charge >= 0.3 is 0 Å². The molecule has 1 saturated heterocycles. The van der Waals surface area contributed by atoms with Crippen LogP contribution in [0.2, 0.25) is 0 Å². The second-order valence-corrected chi connectivity index (χ2v) is 4.93. The van der Waals surface area contributed by atoms with Crippen LogP contribution in [-0.2, 0) is 11.3 Å². The number of ether oxygens (including phenoxy) is 1. The van der Waals surface area contributed by atoms with Gasteiger partial charge < -0.3 is 9.84 Å². The van der Waals surface area contributed by atoms with Gasteiger partial charge in [0.1, 0.15) is 0 Å². The molecule has 1 aliphatic rings. The fourth-order valence-electron chi connectivity index (χ4n) is 2.46. The predicted octanol–water partition coefficient (Wildman–Crippen LogP) is 2.05. The van der Waals surface area contributed by atoms with E-state index in [1.54, 1.807) is 0 Å². The minimum atomic E-state index is 0.208.